The van der Waals surface area contributed by atoms with Gasteiger partial charge in [-0.1, -0.05) is 24.4 Å². The standard InChI is InChI=1S/C13H21ClN4/c1-18(2)13(5-3-4-6-13)9-16-12-8-10(15)7-11(14)17-12/h7-8H,3-6,9H2,1-2H3,(H3,15,16,17). The lowest BCUT2D eigenvalue weighted by Gasteiger charge is -2.36. The molecule has 1 heterocycles. The van der Waals surface area contributed by atoms with Crippen LogP contribution in [0.15, 0.2) is 12.1 Å². The monoisotopic (exact) mass is 268 g/mol. The smallest absolute Gasteiger partial charge is 0.133 e. The Hall–Kier alpha value is -1.00. The molecule has 0 aliphatic heterocycles. The minimum absolute atomic E-state index is 0.235. The molecule has 0 radical (unpaired) electrons. The van der Waals surface area contributed by atoms with Crippen LogP contribution in [0, 0.1) is 0 Å². The minimum Gasteiger partial charge on any atom is -0.399 e. The van der Waals surface area contributed by atoms with Gasteiger partial charge < -0.3 is 16.0 Å². The van der Waals surface area contributed by atoms with E-state index in [0.717, 1.165) is 12.4 Å². The predicted molar refractivity (Wildman–Crippen MR) is 77.0 cm³/mol. The lowest BCUT2D eigenvalue weighted by atomic mass is 9.96. The van der Waals surface area contributed by atoms with Crippen molar-refractivity contribution in [3.63, 3.8) is 0 Å². The number of rotatable bonds is 4. The maximum Gasteiger partial charge on any atom is 0.133 e. The molecule has 1 fully saturated rings. The van der Waals surface area contributed by atoms with Crippen molar-refractivity contribution in [2.24, 2.45) is 0 Å². The van der Waals surface area contributed by atoms with E-state index in [2.05, 4.69) is 29.3 Å². The summed E-state index contributed by atoms with van der Waals surface area (Å²) in [4.78, 5) is 6.56. The Labute approximate surface area is 114 Å². The van der Waals surface area contributed by atoms with Gasteiger partial charge in [-0.2, -0.15) is 0 Å². The molecule has 18 heavy (non-hydrogen) atoms. The van der Waals surface area contributed by atoms with Crippen molar-refractivity contribution < 1.29 is 0 Å². The second-order valence-electron chi connectivity index (χ2n) is 5.29. The summed E-state index contributed by atoms with van der Waals surface area (Å²) >= 11 is 5.90. The van der Waals surface area contributed by atoms with Crippen LogP contribution in [-0.4, -0.2) is 36.1 Å². The van der Waals surface area contributed by atoms with Crippen LogP contribution in [0.1, 0.15) is 25.7 Å². The van der Waals surface area contributed by atoms with Gasteiger partial charge in [0.05, 0.1) is 0 Å². The van der Waals surface area contributed by atoms with Gasteiger partial charge in [-0.3, -0.25) is 0 Å². The van der Waals surface area contributed by atoms with E-state index in [1.165, 1.54) is 25.7 Å². The van der Waals surface area contributed by atoms with Crippen LogP contribution >= 0.6 is 11.6 Å². The first kappa shape index (κ1) is 13.4. The van der Waals surface area contributed by atoms with Crippen LogP contribution in [0.5, 0.6) is 0 Å². The first-order chi connectivity index (χ1) is 8.52. The Morgan fingerprint density at radius 3 is 2.61 bits per heavy atom. The summed E-state index contributed by atoms with van der Waals surface area (Å²) < 4.78 is 0. The van der Waals surface area contributed by atoms with Gasteiger partial charge in [0.15, 0.2) is 0 Å². The van der Waals surface area contributed by atoms with Crippen LogP contribution < -0.4 is 11.1 Å². The number of nitrogen functional groups attached to an aromatic ring is 1. The highest BCUT2D eigenvalue weighted by Gasteiger charge is 2.35. The predicted octanol–water partition coefficient (Wildman–Crippen LogP) is 2.60. The van der Waals surface area contributed by atoms with Gasteiger partial charge in [0.1, 0.15) is 11.0 Å². The SMILES string of the molecule is CN(C)C1(CNc2cc(N)cc(Cl)n2)CCCC1. The Kier molecular flexibility index (Phi) is 3.97. The molecule has 0 bridgehead atoms. The van der Waals surface area contributed by atoms with Crippen molar-refractivity contribution >= 4 is 23.1 Å². The third-order valence-electron chi connectivity index (χ3n) is 3.90. The van der Waals surface area contributed by atoms with Gasteiger partial charge in [-0.25, -0.2) is 4.98 Å². The third kappa shape index (κ3) is 2.87. The molecule has 3 N–H and O–H groups in total. The van der Waals surface area contributed by atoms with Gasteiger partial charge in [-0.15, -0.1) is 0 Å². The van der Waals surface area contributed by atoms with Crippen molar-refractivity contribution in [2.75, 3.05) is 31.7 Å². The van der Waals surface area contributed by atoms with E-state index in [0.29, 0.717) is 10.8 Å². The molecule has 0 unspecified atom stereocenters. The van der Waals surface area contributed by atoms with E-state index < -0.39 is 0 Å². The molecule has 4 nitrogen and oxygen atoms in total. The lowest BCUT2D eigenvalue weighted by Crippen LogP contribution is -2.47. The minimum atomic E-state index is 0.235. The van der Waals surface area contributed by atoms with Crippen molar-refractivity contribution in [3.05, 3.63) is 17.3 Å². The van der Waals surface area contributed by atoms with Crippen LogP contribution in [0.2, 0.25) is 5.15 Å². The maximum absolute atomic E-state index is 5.90. The number of likely N-dealkylation sites (N-methyl/N-ethyl adjacent to an activating group) is 1. The summed E-state index contributed by atoms with van der Waals surface area (Å²) in [7, 11) is 4.29. The largest absolute Gasteiger partial charge is 0.399 e. The van der Waals surface area contributed by atoms with E-state index in [1.54, 1.807) is 6.07 Å². The zero-order chi connectivity index (χ0) is 13.2. The summed E-state index contributed by atoms with van der Waals surface area (Å²) in [6.45, 7) is 0.882. The molecular weight excluding hydrogens is 248 g/mol. The van der Waals surface area contributed by atoms with Crippen molar-refractivity contribution in [1.29, 1.82) is 0 Å². The quantitative estimate of drug-likeness (QED) is 0.825. The molecule has 100 valence electrons. The van der Waals surface area contributed by atoms with Gasteiger partial charge >= 0.3 is 0 Å². The third-order valence-corrected chi connectivity index (χ3v) is 4.09. The number of pyridine rings is 1. The number of hydrogen-bond acceptors (Lipinski definition) is 4. The molecule has 1 saturated carbocycles. The van der Waals surface area contributed by atoms with E-state index in [9.17, 15) is 0 Å². The molecule has 1 aliphatic carbocycles. The molecule has 5 heteroatoms. The average molecular weight is 269 g/mol. The molecule has 0 spiro atoms. The van der Waals surface area contributed by atoms with Gasteiger partial charge in [0, 0.05) is 23.8 Å². The van der Waals surface area contributed by atoms with Gasteiger partial charge in [0.25, 0.3) is 0 Å². The Balaban J connectivity index is 2.05. The molecule has 0 aromatic carbocycles. The first-order valence-corrected chi connectivity index (χ1v) is 6.74. The lowest BCUT2D eigenvalue weighted by molar-refractivity contribution is 0.172. The zero-order valence-corrected chi connectivity index (χ0v) is 11.8. The Morgan fingerprint density at radius 2 is 2.06 bits per heavy atom. The van der Waals surface area contributed by atoms with Gasteiger partial charge in [0.2, 0.25) is 0 Å². The molecule has 2 rings (SSSR count). The van der Waals surface area contributed by atoms with E-state index in [4.69, 9.17) is 17.3 Å². The fraction of sp³-hybridized carbons (Fsp3) is 0.615. The summed E-state index contributed by atoms with van der Waals surface area (Å²) in [5, 5.41) is 3.81. The van der Waals surface area contributed by atoms with Crippen molar-refractivity contribution in [2.45, 2.75) is 31.2 Å². The van der Waals surface area contributed by atoms with E-state index >= 15 is 0 Å². The van der Waals surface area contributed by atoms with E-state index in [-0.39, 0.29) is 5.54 Å². The van der Waals surface area contributed by atoms with E-state index in [1.807, 2.05) is 6.07 Å². The summed E-state index contributed by atoms with van der Waals surface area (Å²) in [6.07, 6.45) is 5.04. The molecule has 1 aromatic rings. The number of anilines is 2. The Bertz CT molecular complexity index is 393. The number of halogens is 1. The highest BCUT2D eigenvalue weighted by molar-refractivity contribution is 6.29. The second kappa shape index (κ2) is 5.33. The average Bonchev–Trinajstić information content (AvgIpc) is 2.75. The molecule has 0 saturated heterocycles. The summed E-state index contributed by atoms with van der Waals surface area (Å²) in [5.74, 6) is 0.758. The first-order valence-electron chi connectivity index (χ1n) is 6.36. The molecule has 1 aliphatic rings. The highest BCUT2D eigenvalue weighted by atomic mass is 35.5. The molecule has 1 aromatic heterocycles. The maximum atomic E-state index is 5.90. The number of nitrogens with one attached hydrogen (secondary N) is 1. The molecular formula is C13H21ClN4. The number of aromatic nitrogens is 1. The van der Waals surface area contributed by atoms with Crippen LogP contribution in [0.4, 0.5) is 11.5 Å². The number of hydrogen-bond donors (Lipinski definition) is 2. The van der Waals surface area contributed by atoms with Gasteiger partial charge in [-0.05, 0) is 33.0 Å². The van der Waals surface area contributed by atoms with Crippen LogP contribution in [-0.2, 0) is 0 Å². The number of nitrogens with two attached hydrogens (primary N) is 1. The topological polar surface area (TPSA) is 54.2 Å². The number of nitrogens with zero attached hydrogens (tertiary/aromatic N) is 2. The van der Waals surface area contributed by atoms with Crippen molar-refractivity contribution in [3.8, 4) is 0 Å². The Morgan fingerprint density at radius 1 is 1.39 bits per heavy atom. The summed E-state index contributed by atoms with van der Waals surface area (Å²) in [6, 6.07) is 3.48. The second-order valence-corrected chi connectivity index (χ2v) is 5.68. The van der Waals surface area contributed by atoms with Crippen LogP contribution in [0.25, 0.3) is 0 Å². The highest BCUT2D eigenvalue weighted by Crippen LogP contribution is 2.34. The molecule has 0 amide bonds. The fourth-order valence-corrected chi connectivity index (χ4v) is 2.89. The van der Waals surface area contributed by atoms with Crippen molar-refractivity contribution in [1.82, 2.24) is 9.88 Å². The normalized spacial score (nSPS) is 18.2. The summed E-state index contributed by atoms with van der Waals surface area (Å²) in [5.41, 5.74) is 6.64. The fourth-order valence-electron chi connectivity index (χ4n) is 2.68. The van der Waals surface area contributed by atoms with Crippen LogP contribution in [0.3, 0.4) is 0 Å². The molecule has 0 atom stereocenters. The zero-order valence-electron chi connectivity index (χ0n) is 11.0.